The third-order valence-corrected chi connectivity index (χ3v) is 5.04. The van der Waals surface area contributed by atoms with Gasteiger partial charge >= 0.3 is 5.97 Å². The Labute approximate surface area is 156 Å². The number of nitrogens with one attached hydrogen (secondary N) is 1. The van der Waals surface area contributed by atoms with Crippen molar-refractivity contribution in [1.82, 2.24) is 15.1 Å². The van der Waals surface area contributed by atoms with Crippen molar-refractivity contribution in [3.8, 4) is 5.69 Å². The van der Waals surface area contributed by atoms with Crippen LogP contribution >= 0.6 is 0 Å². The van der Waals surface area contributed by atoms with E-state index in [2.05, 4.69) is 10.4 Å². The number of rotatable bonds is 4. The van der Waals surface area contributed by atoms with E-state index >= 15 is 0 Å². The van der Waals surface area contributed by atoms with E-state index in [1.165, 1.54) is 0 Å². The lowest BCUT2D eigenvalue weighted by Gasteiger charge is -2.36. The lowest BCUT2D eigenvalue weighted by atomic mass is 9.76. The fourth-order valence-electron chi connectivity index (χ4n) is 3.72. The van der Waals surface area contributed by atoms with Gasteiger partial charge in [-0.15, -0.1) is 0 Å². The number of carboxylic acid groups (broad SMARTS) is 1. The van der Waals surface area contributed by atoms with E-state index in [-0.39, 0.29) is 0 Å². The number of amides is 1. The Kier molecular flexibility index (Phi) is 4.24. The van der Waals surface area contributed by atoms with Gasteiger partial charge in [-0.3, -0.25) is 4.79 Å². The van der Waals surface area contributed by atoms with Gasteiger partial charge in [-0.25, -0.2) is 9.48 Å². The van der Waals surface area contributed by atoms with Crippen molar-refractivity contribution in [3.63, 3.8) is 0 Å². The number of hydrogen-bond acceptors (Lipinski definition) is 3. The van der Waals surface area contributed by atoms with Gasteiger partial charge in [0.15, 0.2) is 5.54 Å². The van der Waals surface area contributed by atoms with Crippen LogP contribution < -0.4 is 5.32 Å². The monoisotopic (exact) mass is 361 g/mol. The highest BCUT2D eigenvalue weighted by Gasteiger charge is 2.45. The molecule has 0 radical (unpaired) electrons. The normalized spacial score (nSPS) is 18.5. The molecule has 0 bridgehead atoms. The summed E-state index contributed by atoms with van der Waals surface area (Å²) in [5.41, 5.74) is 1.36. The second-order valence-electron chi connectivity index (χ2n) is 6.68. The molecule has 0 fully saturated rings. The fraction of sp³-hybridized carbons (Fsp3) is 0.190. The molecule has 27 heavy (non-hydrogen) atoms. The molecular weight excluding hydrogens is 342 g/mol. The van der Waals surface area contributed by atoms with E-state index in [1.807, 2.05) is 24.3 Å². The second-order valence-corrected chi connectivity index (χ2v) is 6.68. The first-order chi connectivity index (χ1) is 13.1. The number of aliphatic carboxylic acids is 1. The van der Waals surface area contributed by atoms with Crippen molar-refractivity contribution < 1.29 is 14.7 Å². The van der Waals surface area contributed by atoms with Gasteiger partial charge in [0, 0.05) is 18.0 Å². The molecule has 2 N–H and O–H groups in total. The SMILES string of the molecule is O=C(N[C@]1(C(=O)O)CCCc2ccccc21)c1cccc(-n2cccn2)c1. The largest absolute Gasteiger partial charge is 0.479 e. The van der Waals surface area contributed by atoms with Crippen LogP contribution in [0, 0.1) is 0 Å². The Morgan fingerprint density at radius 1 is 1.11 bits per heavy atom. The van der Waals surface area contributed by atoms with Gasteiger partial charge in [-0.05, 0) is 54.7 Å². The average molecular weight is 361 g/mol. The Morgan fingerprint density at radius 2 is 1.96 bits per heavy atom. The predicted molar refractivity (Wildman–Crippen MR) is 99.7 cm³/mol. The zero-order chi connectivity index (χ0) is 18.9. The third-order valence-electron chi connectivity index (χ3n) is 5.04. The lowest BCUT2D eigenvalue weighted by molar-refractivity contribution is -0.145. The van der Waals surface area contributed by atoms with Crippen LogP contribution in [0.2, 0.25) is 0 Å². The van der Waals surface area contributed by atoms with Crippen molar-refractivity contribution in [2.24, 2.45) is 0 Å². The summed E-state index contributed by atoms with van der Waals surface area (Å²) in [5, 5.41) is 17.0. The molecule has 6 heteroatoms. The molecule has 4 rings (SSSR count). The molecule has 136 valence electrons. The molecule has 0 unspecified atom stereocenters. The second kappa shape index (κ2) is 6.72. The topological polar surface area (TPSA) is 84.2 Å². The van der Waals surface area contributed by atoms with Gasteiger partial charge in [0.2, 0.25) is 0 Å². The highest BCUT2D eigenvalue weighted by Crippen LogP contribution is 2.36. The summed E-state index contributed by atoms with van der Waals surface area (Å²) in [5.74, 6) is -1.45. The molecular formula is C21H19N3O3. The predicted octanol–water partition coefficient (Wildman–Crippen LogP) is 2.92. The van der Waals surface area contributed by atoms with Crippen molar-refractivity contribution in [2.75, 3.05) is 0 Å². The molecule has 3 aromatic rings. The first-order valence-electron chi connectivity index (χ1n) is 8.84. The molecule has 2 aromatic carbocycles. The van der Waals surface area contributed by atoms with Gasteiger partial charge in [0.1, 0.15) is 0 Å². The summed E-state index contributed by atoms with van der Waals surface area (Å²) in [6.45, 7) is 0. The van der Waals surface area contributed by atoms with Gasteiger partial charge in [-0.1, -0.05) is 30.3 Å². The lowest BCUT2D eigenvalue weighted by Crippen LogP contribution is -2.53. The van der Waals surface area contributed by atoms with Crippen molar-refractivity contribution >= 4 is 11.9 Å². The minimum Gasteiger partial charge on any atom is -0.479 e. The van der Waals surface area contributed by atoms with Crippen LogP contribution in [0.15, 0.2) is 67.0 Å². The summed E-state index contributed by atoms with van der Waals surface area (Å²) in [4.78, 5) is 25.2. The van der Waals surface area contributed by atoms with Crippen LogP contribution in [0.3, 0.4) is 0 Å². The van der Waals surface area contributed by atoms with Crippen LogP contribution in [0.5, 0.6) is 0 Å². The van der Waals surface area contributed by atoms with E-state index in [9.17, 15) is 14.7 Å². The number of carbonyl (C=O) groups is 2. The first-order valence-corrected chi connectivity index (χ1v) is 8.84. The Morgan fingerprint density at radius 3 is 2.74 bits per heavy atom. The molecule has 6 nitrogen and oxygen atoms in total. The number of carbonyl (C=O) groups excluding carboxylic acids is 1. The van der Waals surface area contributed by atoms with Crippen LogP contribution in [0.4, 0.5) is 0 Å². The smallest absolute Gasteiger partial charge is 0.334 e. The number of benzene rings is 2. The summed E-state index contributed by atoms with van der Waals surface area (Å²) in [7, 11) is 0. The van der Waals surface area contributed by atoms with E-state index in [0.717, 1.165) is 17.7 Å². The first kappa shape index (κ1) is 17.0. The Hall–Kier alpha value is -3.41. The van der Waals surface area contributed by atoms with E-state index in [1.54, 1.807) is 47.4 Å². The Bertz CT molecular complexity index is 997. The van der Waals surface area contributed by atoms with Gasteiger partial charge in [0.25, 0.3) is 5.91 Å². The number of aromatic nitrogens is 2. The maximum Gasteiger partial charge on any atom is 0.334 e. The molecule has 1 atom stereocenters. The quantitative estimate of drug-likeness (QED) is 0.748. The van der Waals surface area contributed by atoms with Gasteiger partial charge in [0.05, 0.1) is 5.69 Å². The molecule has 1 aliphatic carbocycles. The minimum atomic E-state index is -1.41. The number of nitrogens with zero attached hydrogens (tertiary/aromatic N) is 2. The average Bonchev–Trinajstić information content (AvgIpc) is 3.23. The molecule has 1 heterocycles. The van der Waals surface area contributed by atoms with Gasteiger partial charge in [-0.2, -0.15) is 5.10 Å². The van der Waals surface area contributed by atoms with Crippen molar-refractivity contribution in [1.29, 1.82) is 0 Å². The van der Waals surface area contributed by atoms with Crippen LogP contribution in [-0.4, -0.2) is 26.8 Å². The number of carboxylic acids is 1. The highest BCUT2D eigenvalue weighted by atomic mass is 16.4. The summed E-state index contributed by atoms with van der Waals surface area (Å²) in [6.07, 6.45) is 5.33. The van der Waals surface area contributed by atoms with Gasteiger partial charge < -0.3 is 10.4 Å². The van der Waals surface area contributed by atoms with Crippen molar-refractivity contribution in [2.45, 2.75) is 24.8 Å². The summed E-state index contributed by atoms with van der Waals surface area (Å²) < 4.78 is 1.65. The summed E-state index contributed by atoms with van der Waals surface area (Å²) in [6, 6.07) is 16.2. The molecule has 0 saturated carbocycles. The number of aryl methyl sites for hydroxylation is 1. The molecule has 1 aliphatic rings. The molecule has 1 aromatic heterocycles. The number of hydrogen-bond donors (Lipinski definition) is 2. The van der Waals surface area contributed by atoms with Crippen LogP contribution in [-0.2, 0) is 16.8 Å². The zero-order valence-corrected chi connectivity index (χ0v) is 14.6. The maximum absolute atomic E-state index is 13.0. The van der Waals surface area contributed by atoms with E-state index in [4.69, 9.17) is 0 Å². The molecule has 1 amide bonds. The zero-order valence-electron chi connectivity index (χ0n) is 14.6. The van der Waals surface area contributed by atoms with E-state index < -0.39 is 17.4 Å². The van der Waals surface area contributed by atoms with Crippen molar-refractivity contribution in [3.05, 3.63) is 83.7 Å². The molecule has 0 aliphatic heterocycles. The highest BCUT2D eigenvalue weighted by molar-refractivity contribution is 5.98. The summed E-state index contributed by atoms with van der Waals surface area (Å²) >= 11 is 0. The van der Waals surface area contributed by atoms with Crippen LogP contribution in [0.1, 0.15) is 34.3 Å². The number of fused-ring (bicyclic) bond motifs is 1. The maximum atomic E-state index is 13.0. The molecule has 0 saturated heterocycles. The fourth-order valence-corrected chi connectivity index (χ4v) is 3.72. The standard InChI is InChI=1S/C21H19N3O3/c25-19(16-7-3-9-17(14-16)24-13-5-12-22-24)23-21(20(26)27)11-4-8-15-6-1-2-10-18(15)21/h1-3,5-7,9-10,12-14H,4,8,11H2,(H,23,25)(H,26,27)/t21-/m1/s1. The van der Waals surface area contributed by atoms with Crippen LogP contribution in [0.25, 0.3) is 5.69 Å². The third kappa shape index (κ3) is 2.99. The van der Waals surface area contributed by atoms with E-state index in [0.29, 0.717) is 24.0 Å². The minimum absolute atomic E-state index is 0.365. The molecule has 0 spiro atoms. The Balaban J connectivity index is 1.69.